The summed E-state index contributed by atoms with van der Waals surface area (Å²) in [7, 11) is 2.23. The first-order valence-corrected chi connectivity index (χ1v) is 10.2. The van der Waals surface area contributed by atoms with E-state index in [9.17, 15) is 0 Å². The Morgan fingerprint density at radius 1 is 1.00 bits per heavy atom. The maximum Gasteiger partial charge on any atom is 0.183 e. The fourth-order valence-corrected chi connectivity index (χ4v) is 4.73. The van der Waals surface area contributed by atoms with E-state index in [1.54, 1.807) is 0 Å². The number of para-hydroxylation sites is 1. The molecule has 2 saturated heterocycles. The minimum absolute atomic E-state index is 0.499. The highest BCUT2D eigenvalue weighted by atomic mass is 15.2. The maximum atomic E-state index is 4.86. The van der Waals surface area contributed by atoms with Crippen LogP contribution in [0.4, 0.5) is 0 Å². The minimum atomic E-state index is 0.499. The van der Waals surface area contributed by atoms with Gasteiger partial charge >= 0.3 is 0 Å². The van der Waals surface area contributed by atoms with Gasteiger partial charge in [0.05, 0.1) is 0 Å². The number of hydrogen-bond donors (Lipinski definition) is 2. The number of hydrogen-bond acceptors (Lipinski definition) is 4. The molecule has 6 nitrogen and oxygen atoms in total. The highest BCUT2D eigenvalue weighted by molar-refractivity contribution is 5.93. The molecule has 3 aromatic rings. The topological polar surface area (TPSA) is 63.8 Å². The van der Waals surface area contributed by atoms with Crippen molar-refractivity contribution >= 4 is 10.9 Å². The Balaban J connectivity index is 1.26. The molecule has 2 aliphatic heterocycles. The highest BCUT2D eigenvalue weighted by Gasteiger charge is 2.29. The molecule has 2 fully saturated rings. The number of likely N-dealkylation sites (tertiary alicyclic amines) is 2. The van der Waals surface area contributed by atoms with Crippen LogP contribution in [-0.2, 0) is 0 Å². The number of nitrogens with one attached hydrogen (secondary N) is 2. The first-order chi connectivity index (χ1) is 13.3. The zero-order valence-corrected chi connectivity index (χ0v) is 16.0. The van der Waals surface area contributed by atoms with Crippen LogP contribution in [0.2, 0.25) is 0 Å². The Labute approximate surface area is 160 Å². The lowest BCUT2D eigenvalue weighted by Crippen LogP contribution is -2.46. The van der Waals surface area contributed by atoms with Crippen molar-refractivity contribution in [3.05, 3.63) is 36.3 Å². The summed E-state index contributed by atoms with van der Waals surface area (Å²) < 4.78 is 0. The molecule has 0 bridgehead atoms. The molecule has 27 heavy (non-hydrogen) atoms. The summed E-state index contributed by atoms with van der Waals surface area (Å²) in [6, 6.07) is 9.09. The van der Waals surface area contributed by atoms with Gasteiger partial charge in [0, 0.05) is 34.6 Å². The van der Waals surface area contributed by atoms with Gasteiger partial charge in [0.1, 0.15) is 5.82 Å². The predicted molar refractivity (Wildman–Crippen MR) is 108 cm³/mol. The smallest absolute Gasteiger partial charge is 0.183 e. The van der Waals surface area contributed by atoms with Crippen LogP contribution < -0.4 is 0 Å². The summed E-state index contributed by atoms with van der Waals surface area (Å²) in [5.41, 5.74) is 2.21. The predicted octanol–water partition coefficient (Wildman–Crippen LogP) is 3.23. The minimum Gasteiger partial charge on any atom is -0.360 e. The Morgan fingerprint density at radius 3 is 2.59 bits per heavy atom. The molecule has 0 spiro atoms. The van der Waals surface area contributed by atoms with Crippen molar-refractivity contribution < 1.29 is 0 Å². The second kappa shape index (κ2) is 7.09. The van der Waals surface area contributed by atoms with Gasteiger partial charge in [-0.3, -0.25) is 5.10 Å². The van der Waals surface area contributed by atoms with Crippen LogP contribution in [0.3, 0.4) is 0 Å². The van der Waals surface area contributed by atoms with Crippen LogP contribution in [0, 0.1) is 0 Å². The van der Waals surface area contributed by atoms with Crippen molar-refractivity contribution in [3.8, 4) is 11.4 Å². The van der Waals surface area contributed by atoms with Crippen LogP contribution in [0.25, 0.3) is 22.3 Å². The summed E-state index contributed by atoms with van der Waals surface area (Å²) in [5, 5.41) is 8.94. The summed E-state index contributed by atoms with van der Waals surface area (Å²) in [6.45, 7) is 4.84. The number of fused-ring (bicyclic) bond motifs is 1. The van der Waals surface area contributed by atoms with E-state index in [1.165, 1.54) is 57.2 Å². The number of aromatic amines is 2. The molecule has 0 amide bonds. The zero-order chi connectivity index (χ0) is 18.2. The molecule has 2 aromatic heterocycles. The number of nitrogens with zero attached hydrogens (tertiary/aromatic N) is 4. The van der Waals surface area contributed by atoms with Gasteiger partial charge in [0.25, 0.3) is 0 Å². The molecule has 0 unspecified atom stereocenters. The summed E-state index contributed by atoms with van der Waals surface area (Å²) in [6.07, 6.45) is 6.99. The van der Waals surface area contributed by atoms with Crippen molar-refractivity contribution in [1.82, 2.24) is 30.0 Å². The molecule has 4 heterocycles. The van der Waals surface area contributed by atoms with Gasteiger partial charge in [-0.25, -0.2) is 4.98 Å². The number of piperidine rings is 2. The standard InChI is InChI=1S/C21H28N6/c1-26-10-8-16(9-11-26)27-12-6-15(7-13-27)20-23-21(25-24-20)18-14-22-19-5-3-2-4-17(18)19/h2-5,14-16,22H,6-13H2,1H3,(H,23,24,25). The SMILES string of the molecule is CN1CCC(N2CCC(c3nc(-c4c[nH]c5ccccc45)n[nH]3)CC2)CC1. The average molecular weight is 364 g/mol. The highest BCUT2D eigenvalue weighted by Crippen LogP contribution is 2.31. The fraction of sp³-hybridized carbons (Fsp3) is 0.524. The van der Waals surface area contributed by atoms with Crippen molar-refractivity contribution in [1.29, 1.82) is 0 Å². The molecular weight excluding hydrogens is 336 g/mol. The molecule has 0 aliphatic carbocycles. The second-order valence-corrected chi connectivity index (χ2v) is 8.14. The van der Waals surface area contributed by atoms with Crippen LogP contribution in [0.5, 0.6) is 0 Å². The van der Waals surface area contributed by atoms with E-state index in [0.717, 1.165) is 28.8 Å². The molecule has 2 N–H and O–H groups in total. The maximum absolute atomic E-state index is 4.86. The van der Waals surface area contributed by atoms with Crippen LogP contribution in [-0.4, -0.2) is 69.2 Å². The van der Waals surface area contributed by atoms with Gasteiger partial charge in [-0.1, -0.05) is 18.2 Å². The fourth-order valence-electron chi connectivity index (χ4n) is 4.73. The Hall–Kier alpha value is -2.18. The average Bonchev–Trinajstić information content (AvgIpc) is 3.36. The number of rotatable bonds is 3. The van der Waals surface area contributed by atoms with E-state index in [1.807, 2.05) is 12.3 Å². The van der Waals surface area contributed by atoms with Crippen LogP contribution in [0.1, 0.15) is 37.4 Å². The molecule has 5 rings (SSSR count). The quantitative estimate of drug-likeness (QED) is 0.749. The first kappa shape index (κ1) is 17.0. The lowest BCUT2D eigenvalue weighted by molar-refractivity contribution is 0.0957. The largest absolute Gasteiger partial charge is 0.360 e. The molecule has 0 atom stereocenters. The summed E-state index contributed by atoms with van der Waals surface area (Å²) in [4.78, 5) is 13.3. The number of H-pyrrole nitrogens is 2. The van der Waals surface area contributed by atoms with Gasteiger partial charge in [-0.2, -0.15) is 5.10 Å². The lowest BCUT2D eigenvalue weighted by Gasteiger charge is -2.40. The third-order valence-electron chi connectivity index (χ3n) is 6.45. The van der Waals surface area contributed by atoms with E-state index in [0.29, 0.717) is 5.92 Å². The Bertz CT molecular complexity index is 896. The number of aromatic nitrogens is 4. The van der Waals surface area contributed by atoms with Gasteiger partial charge in [0.15, 0.2) is 5.82 Å². The molecule has 6 heteroatoms. The van der Waals surface area contributed by atoms with E-state index < -0.39 is 0 Å². The summed E-state index contributed by atoms with van der Waals surface area (Å²) in [5.74, 6) is 2.36. The third kappa shape index (κ3) is 3.28. The number of benzene rings is 1. The van der Waals surface area contributed by atoms with Crippen molar-refractivity contribution in [2.24, 2.45) is 0 Å². The molecule has 142 valence electrons. The molecular formula is C21H28N6. The van der Waals surface area contributed by atoms with Gasteiger partial charge in [0.2, 0.25) is 0 Å². The van der Waals surface area contributed by atoms with E-state index in [-0.39, 0.29) is 0 Å². The van der Waals surface area contributed by atoms with Crippen LogP contribution in [0.15, 0.2) is 30.5 Å². The van der Waals surface area contributed by atoms with Gasteiger partial charge in [-0.15, -0.1) is 0 Å². The van der Waals surface area contributed by atoms with Crippen LogP contribution >= 0.6 is 0 Å². The van der Waals surface area contributed by atoms with E-state index in [4.69, 9.17) is 4.98 Å². The summed E-state index contributed by atoms with van der Waals surface area (Å²) >= 11 is 0. The normalized spacial score (nSPS) is 21.2. The molecule has 1 aromatic carbocycles. The monoisotopic (exact) mass is 364 g/mol. The molecule has 2 aliphatic rings. The lowest BCUT2D eigenvalue weighted by atomic mass is 9.93. The third-order valence-corrected chi connectivity index (χ3v) is 6.45. The first-order valence-electron chi connectivity index (χ1n) is 10.2. The van der Waals surface area contributed by atoms with Crippen molar-refractivity contribution in [2.45, 2.75) is 37.6 Å². The molecule has 0 radical (unpaired) electrons. The molecule has 0 saturated carbocycles. The zero-order valence-electron chi connectivity index (χ0n) is 16.0. The van der Waals surface area contributed by atoms with Crippen molar-refractivity contribution in [2.75, 3.05) is 33.2 Å². The van der Waals surface area contributed by atoms with Gasteiger partial charge in [-0.05, 0) is 65.0 Å². The Kier molecular flexibility index (Phi) is 4.45. The van der Waals surface area contributed by atoms with E-state index in [2.05, 4.69) is 50.2 Å². The van der Waals surface area contributed by atoms with Gasteiger partial charge < -0.3 is 14.8 Å². The Morgan fingerprint density at radius 2 is 1.78 bits per heavy atom. The van der Waals surface area contributed by atoms with E-state index >= 15 is 0 Å². The van der Waals surface area contributed by atoms with Crippen molar-refractivity contribution in [3.63, 3.8) is 0 Å². The second-order valence-electron chi connectivity index (χ2n) is 8.14.